The molecule has 5 atom stereocenters. The highest BCUT2D eigenvalue weighted by Crippen LogP contribution is 2.48. The molecule has 0 bridgehead atoms. The van der Waals surface area contributed by atoms with E-state index >= 15 is 0 Å². The maximum absolute atomic E-state index is 12.4. The van der Waals surface area contributed by atoms with Crippen molar-refractivity contribution in [2.24, 2.45) is 5.73 Å². The van der Waals surface area contributed by atoms with Gasteiger partial charge in [-0.15, -0.1) is 0 Å². The zero-order valence-corrected chi connectivity index (χ0v) is 16.8. The molecule has 3 N–H and O–H groups in total. The van der Waals surface area contributed by atoms with Gasteiger partial charge in [0.25, 0.3) is 0 Å². The summed E-state index contributed by atoms with van der Waals surface area (Å²) in [6.07, 6.45) is 1.72. The monoisotopic (exact) mass is 423 g/mol. The number of carbonyl (C=O) groups excluding carboxylic acids is 1. The molecule has 4 rings (SSSR count). The first-order valence-corrected chi connectivity index (χ1v) is 10.6. The van der Waals surface area contributed by atoms with Crippen molar-refractivity contribution in [2.45, 2.75) is 44.1 Å². The Kier molecular flexibility index (Phi) is 5.10. The summed E-state index contributed by atoms with van der Waals surface area (Å²) in [5, 5.41) is 0. The molecule has 1 unspecified atom stereocenters. The van der Waals surface area contributed by atoms with Gasteiger partial charge in [0.15, 0.2) is 5.79 Å². The summed E-state index contributed by atoms with van der Waals surface area (Å²) in [7, 11) is -4.11. The molecule has 2 aliphatic heterocycles. The molecule has 2 aromatic rings. The van der Waals surface area contributed by atoms with E-state index in [9.17, 15) is 14.3 Å². The Morgan fingerprint density at radius 2 is 2.14 bits per heavy atom. The summed E-state index contributed by atoms with van der Waals surface area (Å²) in [6, 6.07) is 6.76. The minimum absolute atomic E-state index is 0.196. The molecule has 0 aliphatic carbocycles. The predicted molar refractivity (Wildman–Crippen MR) is 99.8 cm³/mol. The van der Waals surface area contributed by atoms with Gasteiger partial charge in [0.05, 0.1) is 6.61 Å². The van der Waals surface area contributed by atoms with E-state index in [4.69, 9.17) is 24.5 Å². The normalized spacial score (nSPS) is 30.0. The van der Waals surface area contributed by atoms with Crippen molar-refractivity contribution in [1.82, 2.24) is 9.32 Å². The van der Waals surface area contributed by atoms with Crippen molar-refractivity contribution in [3.8, 4) is 0 Å². The van der Waals surface area contributed by atoms with Gasteiger partial charge in [0.2, 0.25) is 5.91 Å². The summed E-state index contributed by atoms with van der Waals surface area (Å²) in [5.74, 6) is -1.41. The Labute approximate surface area is 167 Å². The molecule has 29 heavy (non-hydrogen) atoms. The molecule has 2 aliphatic rings. The molecule has 0 saturated carbocycles. The van der Waals surface area contributed by atoms with Gasteiger partial charge < -0.3 is 24.8 Å². The number of amides is 1. The van der Waals surface area contributed by atoms with Gasteiger partial charge in [-0.1, -0.05) is 12.1 Å². The molecule has 3 heterocycles. The topological polar surface area (TPSA) is 135 Å². The first kappa shape index (κ1) is 20.2. The van der Waals surface area contributed by atoms with Gasteiger partial charge in [-0.25, -0.2) is 13.9 Å². The van der Waals surface area contributed by atoms with E-state index in [-0.39, 0.29) is 6.61 Å². The average Bonchev–Trinajstić information content (AvgIpc) is 3.36. The fraction of sp³-hybridized carbons (Fsp3) is 0.444. The second-order valence-electron chi connectivity index (χ2n) is 7.38. The Bertz CT molecular complexity index is 949. The molecule has 11 heteroatoms. The SMILES string of the molecule is CC1(C)O[C@@H]2[C@H](O1)[C@@H](COP(=O)(O)n1ccnc1)O[C@H]2c1cccc(C(N)=O)c1. The van der Waals surface area contributed by atoms with Crippen LogP contribution in [0.2, 0.25) is 0 Å². The number of imidazole rings is 1. The second-order valence-corrected chi connectivity index (χ2v) is 9.08. The van der Waals surface area contributed by atoms with Gasteiger partial charge in [-0.05, 0) is 31.5 Å². The van der Waals surface area contributed by atoms with E-state index in [0.29, 0.717) is 11.1 Å². The Hall–Kier alpha value is -2.07. The lowest BCUT2D eigenvalue weighted by Crippen LogP contribution is -2.32. The van der Waals surface area contributed by atoms with Gasteiger partial charge in [0.1, 0.15) is 30.7 Å². The van der Waals surface area contributed by atoms with Crippen LogP contribution in [0.4, 0.5) is 0 Å². The number of primary amides is 1. The Morgan fingerprint density at radius 3 is 2.83 bits per heavy atom. The highest BCUT2D eigenvalue weighted by Gasteiger charge is 2.55. The summed E-state index contributed by atoms with van der Waals surface area (Å²) in [5.41, 5.74) is 6.42. The number of benzene rings is 1. The van der Waals surface area contributed by atoms with Crippen molar-refractivity contribution in [1.29, 1.82) is 0 Å². The summed E-state index contributed by atoms with van der Waals surface area (Å²) < 4.78 is 36.7. The molecular weight excluding hydrogens is 401 g/mol. The molecule has 10 nitrogen and oxygen atoms in total. The van der Waals surface area contributed by atoms with Crippen molar-refractivity contribution >= 4 is 13.7 Å². The predicted octanol–water partition coefficient (Wildman–Crippen LogP) is 1.61. The van der Waals surface area contributed by atoms with E-state index in [1.165, 1.54) is 18.7 Å². The fourth-order valence-electron chi connectivity index (χ4n) is 3.59. The van der Waals surface area contributed by atoms with Crippen LogP contribution in [0.15, 0.2) is 43.0 Å². The van der Waals surface area contributed by atoms with Crippen molar-refractivity contribution in [3.05, 3.63) is 54.1 Å². The third-order valence-corrected chi connectivity index (χ3v) is 6.14. The summed E-state index contributed by atoms with van der Waals surface area (Å²) in [4.78, 5) is 25.4. The second kappa shape index (κ2) is 7.32. The highest BCUT2D eigenvalue weighted by atomic mass is 31.2. The van der Waals surface area contributed by atoms with Gasteiger partial charge in [0, 0.05) is 18.0 Å². The van der Waals surface area contributed by atoms with Crippen LogP contribution in [-0.4, -0.2) is 50.8 Å². The van der Waals surface area contributed by atoms with E-state index < -0.39 is 43.9 Å². The third kappa shape index (κ3) is 4.00. The maximum atomic E-state index is 12.4. The third-order valence-electron chi connectivity index (χ3n) is 4.84. The molecule has 1 amide bonds. The Morgan fingerprint density at radius 1 is 1.38 bits per heavy atom. The molecule has 156 valence electrons. The van der Waals surface area contributed by atoms with Gasteiger partial charge in [-0.3, -0.25) is 9.32 Å². The largest absolute Gasteiger partial charge is 0.437 e. The summed E-state index contributed by atoms with van der Waals surface area (Å²) >= 11 is 0. The van der Waals surface area contributed by atoms with E-state index in [0.717, 1.165) is 4.34 Å². The number of hydrogen-bond acceptors (Lipinski definition) is 7. The zero-order valence-electron chi connectivity index (χ0n) is 15.9. The number of aromatic nitrogens is 2. The van der Waals surface area contributed by atoms with E-state index in [1.54, 1.807) is 38.1 Å². The smallest absolute Gasteiger partial charge is 0.366 e. The van der Waals surface area contributed by atoms with Crippen LogP contribution in [0, 0.1) is 0 Å². The molecule has 1 aromatic heterocycles. The van der Waals surface area contributed by atoms with Crippen LogP contribution in [-0.2, 0) is 23.3 Å². The van der Waals surface area contributed by atoms with E-state index in [2.05, 4.69) is 4.98 Å². The minimum atomic E-state index is -4.11. The standard InChI is InChI=1S/C18H22N3O7P/c1-18(2)27-15-13(9-25-29(23,24)21-7-6-20-10-21)26-14(16(15)28-18)11-4-3-5-12(8-11)17(19)22/h3-8,10,13-16H,9H2,1-2H3,(H2,19,22)(H,23,24)/t13-,14+,15-,16+/m1/s1. The lowest BCUT2D eigenvalue weighted by atomic mass is 10.00. The number of nitrogens with two attached hydrogens (primary N) is 1. The van der Waals surface area contributed by atoms with E-state index in [1.807, 2.05) is 0 Å². The molecule has 2 saturated heterocycles. The van der Waals surface area contributed by atoms with Gasteiger partial charge in [-0.2, -0.15) is 0 Å². The molecular formula is C18H22N3O7P. The Balaban J connectivity index is 1.56. The lowest BCUT2D eigenvalue weighted by Gasteiger charge is -2.25. The van der Waals surface area contributed by atoms with Crippen molar-refractivity contribution < 1.29 is 33.0 Å². The number of nitrogens with zero attached hydrogens (tertiary/aromatic N) is 2. The molecule has 0 spiro atoms. The van der Waals surface area contributed by atoms with Crippen molar-refractivity contribution in [3.63, 3.8) is 0 Å². The van der Waals surface area contributed by atoms with Crippen LogP contribution in [0.1, 0.15) is 35.9 Å². The van der Waals surface area contributed by atoms with Crippen LogP contribution in [0.3, 0.4) is 0 Å². The van der Waals surface area contributed by atoms with Crippen LogP contribution >= 0.6 is 7.75 Å². The molecule has 0 radical (unpaired) electrons. The maximum Gasteiger partial charge on any atom is 0.437 e. The number of hydrogen-bond donors (Lipinski definition) is 2. The van der Waals surface area contributed by atoms with Crippen LogP contribution in [0.5, 0.6) is 0 Å². The number of carbonyl (C=O) groups is 1. The number of fused-ring (bicyclic) bond motifs is 1. The number of rotatable bonds is 6. The zero-order chi connectivity index (χ0) is 20.8. The van der Waals surface area contributed by atoms with Crippen LogP contribution in [0.25, 0.3) is 0 Å². The quantitative estimate of drug-likeness (QED) is 0.669. The minimum Gasteiger partial charge on any atom is -0.366 e. The first-order chi connectivity index (χ1) is 13.7. The highest BCUT2D eigenvalue weighted by molar-refractivity contribution is 7.51. The molecule has 1 aromatic carbocycles. The van der Waals surface area contributed by atoms with Crippen LogP contribution < -0.4 is 5.73 Å². The lowest BCUT2D eigenvalue weighted by molar-refractivity contribution is -0.190. The fourth-order valence-corrected chi connectivity index (χ4v) is 4.48. The first-order valence-electron chi connectivity index (χ1n) is 9.03. The number of ether oxygens (including phenoxy) is 3. The van der Waals surface area contributed by atoms with Gasteiger partial charge >= 0.3 is 7.75 Å². The summed E-state index contributed by atoms with van der Waals surface area (Å²) in [6.45, 7) is 3.36. The molecule has 2 fully saturated rings. The average molecular weight is 423 g/mol. The van der Waals surface area contributed by atoms with Crippen molar-refractivity contribution in [2.75, 3.05) is 6.61 Å².